The zero-order chi connectivity index (χ0) is 21.4. The molecular formula is C16H14F6N4O3. The van der Waals surface area contributed by atoms with E-state index in [1.165, 1.54) is 4.90 Å². The van der Waals surface area contributed by atoms with Crippen LogP contribution in [0, 0.1) is 10.1 Å². The van der Waals surface area contributed by atoms with Crippen molar-refractivity contribution in [3.8, 4) is 0 Å². The van der Waals surface area contributed by atoms with E-state index >= 15 is 0 Å². The first-order valence-electron chi connectivity index (χ1n) is 8.45. The van der Waals surface area contributed by atoms with Crippen molar-refractivity contribution < 1.29 is 36.0 Å². The molecular weight excluding hydrogens is 410 g/mol. The third kappa shape index (κ3) is 3.85. The maximum Gasteiger partial charge on any atom is 0.443 e. The van der Waals surface area contributed by atoms with Crippen molar-refractivity contribution in [2.75, 3.05) is 13.1 Å². The molecule has 0 aliphatic carbocycles. The Morgan fingerprint density at radius 1 is 1.03 bits per heavy atom. The van der Waals surface area contributed by atoms with Gasteiger partial charge < -0.3 is 9.64 Å². The number of ether oxygens (including phenoxy) is 1. The Morgan fingerprint density at radius 3 is 2.21 bits per heavy atom. The molecule has 0 aromatic heterocycles. The van der Waals surface area contributed by atoms with Gasteiger partial charge in [-0.05, 0) is 25.3 Å². The zero-order valence-electron chi connectivity index (χ0n) is 14.6. The van der Waals surface area contributed by atoms with E-state index in [2.05, 4.69) is 9.98 Å². The summed E-state index contributed by atoms with van der Waals surface area (Å²) in [6, 6.07) is 3.13. The van der Waals surface area contributed by atoms with Gasteiger partial charge in [0.05, 0.1) is 4.92 Å². The number of nitro benzene ring substituents is 1. The summed E-state index contributed by atoms with van der Waals surface area (Å²) in [7, 11) is 0. The van der Waals surface area contributed by atoms with Crippen molar-refractivity contribution in [2.24, 2.45) is 9.98 Å². The fourth-order valence-electron chi connectivity index (χ4n) is 2.95. The number of aliphatic imine (C=N–C) groups is 2. The summed E-state index contributed by atoms with van der Waals surface area (Å²) in [5.41, 5.74) is -5.72. The van der Waals surface area contributed by atoms with Crippen LogP contribution in [0.3, 0.4) is 0 Å². The van der Waals surface area contributed by atoms with Gasteiger partial charge in [0.25, 0.3) is 11.7 Å². The highest BCUT2D eigenvalue weighted by Gasteiger charge is 2.74. The molecule has 1 fully saturated rings. The fourth-order valence-corrected chi connectivity index (χ4v) is 2.95. The molecule has 0 saturated carbocycles. The van der Waals surface area contributed by atoms with Crippen LogP contribution >= 0.6 is 0 Å². The number of piperidine rings is 1. The molecule has 0 atom stereocenters. The first-order valence-corrected chi connectivity index (χ1v) is 8.45. The summed E-state index contributed by atoms with van der Waals surface area (Å²) < 4.78 is 86.9. The first kappa shape index (κ1) is 20.9. The smallest absolute Gasteiger partial charge is 0.406 e. The monoisotopic (exact) mass is 424 g/mol. The van der Waals surface area contributed by atoms with Gasteiger partial charge in [-0.2, -0.15) is 31.3 Å². The zero-order valence-corrected chi connectivity index (χ0v) is 14.6. The van der Waals surface area contributed by atoms with Crippen LogP contribution in [0.1, 0.15) is 24.8 Å². The van der Waals surface area contributed by atoms with Crippen LogP contribution in [0.25, 0.3) is 0 Å². The highest BCUT2D eigenvalue weighted by atomic mass is 19.4. The second-order valence-corrected chi connectivity index (χ2v) is 6.44. The number of nitro groups is 1. The third-order valence-corrected chi connectivity index (χ3v) is 4.43. The Bertz CT molecular complexity index is 845. The molecule has 1 aromatic rings. The SMILES string of the molecule is O=[N+]([O-])c1cccc(C2=NC(C(F)(F)F)(C(F)(F)F)N=C(N3CCCCC3)O2)c1. The highest BCUT2D eigenvalue weighted by Crippen LogP contribution is 2.49. The number of halogens is 6. The molecule has 13 heteroatoms. The molecule has 0 N–H and O–H groups in total. The Balaban J connectivity index is 2.17. The molecule has 2 aliphatic heterocycles. The Hall–Kier alpha value is -2.86. The van der Waals surface area contributed by atoms with Gasteiger partial charge in [0.15, 0.2) is 0 Å². The number of hydrogen-bond donors (Lipinski definition) is 0. The van der Waals surface area contributed by atoms with Crippen molar-refractivity contribution >= 4 is 17.6 Å². The number of benzene rings is 1. The van der Waals surface area contributed by atoms with E-state index in [1.54, 1.807) is 0 Å². The number of rotatable bonds is 2. The van der Waals surface area contributed by atoms with Crippen molar-refractivity contribution in [3.63, 3.8) is 0 Å². The van der Waals surface area contributed by atoms with E-state index in [-0.39, 0.29) is 13.1 Å². The van der Waals surface area contributed by atoms with Gasteiger partial charge in [0, 0.05) is 30.8 Å². The number of alkyl halides is 6. The number of amidine groups is 1. The predicted molar refractivity (Wildman–Crippen MR) is 88.4 cm³/mol. The maximum absolute atomic E-state index is 13.6. The third-order valence-electron chi connectivity index (χ3n) is 4.43. The van der Waals surface area contributed by atoms with Crippen LogP contribution in [0.2, 0.25) is 0 Å². The van der Waals surface area contributed by atoms with Gasteiger partial charge in [-0.25, -0.2) is 4.99 Å². The summed E-state index contributed by atoms with van der Waals surface area (Å²) >= 11 is 0. The van der Waals surface area contributed by atoms with Crippen molar-refractivity contribution in [1.29, 1.82) is 0 Å². The van der Waals surface area contributed by atoms with Gasteiger partial charge in [-0.3, -0.25) is 10.1 Å². The number of non-ortho nitro benzene ring substituents is 1. The molecule has 158 valence electrons. The summed E-state index contributed by atoms with van der Waals surface area (Å²) in [5.74, 6) is -1.04. The normalized spacial score (nSPS) is 19.9. The lowest BCUT2D eigenvalue weighted by molar-refractivity contribution is -0.384. The van der Waals surface area contributed by atoms with Gasteiger partial charge in [0.1, 0.15) is 0 Å². The summed E-state index contributed by atoms with van der Waals surface area (Å²) in [4.78, 5) is 16.9. The predicted octanol–water partition coefficient (Wildman–Crippen LogP) is 4.03. The molecule has 0 bridgehead atoms. The summed E-state index contributed by atoms with van der Waals surface area (Å²) in [6.07, 6.45) is -9.99. The van der Waals surface area contributed by atoms with E-state index < -0.39 is 46.1 Å². The quantitative estimate of drug-likeness (QED) is 0.408. The average Bonchev–Trinajstić information content (AvgIpc) is 2.66. The molecule has 0 amide bonds. The number of likely N-dealkylation sites (tertiary alicyclic amines) is 1. The van der Waals surface area contributed by atoms with Crippen molar-refractivity contribution in [3.05, 3.63) is 39.9 Å². The Morgan fingerprint density at radius 2 is 1.66 bits per heavy atom. The van der Waals surface area contributed by atoms with E-state index in [1.807, 2.05) is 0 Å². The van der Waals surface area contributed by atoms with Crippen LogP contribution in [-0.4, -0.2) is 52.8 Å². The molecule has 2 aliphatic rings. The van der Waals surface area contributed by atoms with Crippen LogP contribution in [-0.2, 0) is 4.74 Å². The maximum atomic E-state index is 13.6. The molecule has 29 heavy (non-hydrogen) atoms. The van der Waals surface area contributed by atoms with Crippen LogP contribution in [0.5, 0.6) is 0 Å². The minimum Gasteiger partial charge on any atom is -0.406 e. The van der Waals surface area contributed by atoms with Gasteiger partial charge in [0.2, 0.25) is 5.90 Å². The topological polar surface area (TPSA) is 80.3 Å². The fraction of sp³-hybridized carbons (Fsp3) is 0.500. The molecule has 0 radical (unpaired) electrons. The molecule has 0 unspecified atom stereocenters. The molecule has 2 heterocycles. The molecule has 1 aromatic carbocycles. The summed E-state index contributed by atoms with van der Waals surface area (Å²) in [5, 5.41) is 10.9. The average molecular weight is 424 g/mol. The van der Waals surface area contributed by atoms with E-state index in [0.717, 1.165) is 30.7 Å². The summed E-state index contributed by atoms with van der Waals surface area (Å²) in [6.45, 7) is 0.319. The van der Waals surface area contributed by atoms with E-state index in [9.17, 15) is 36.5 Å². The standard InChI is InChI=1S/C16H14F6N4O3/c17-15(18,19)14(16(20,21)22)23-12(10-5-4-6-11(9-10)26(27)28)29-13(24-14)25-7-2-1-3-8-25/h4-6,9H,1-3,7-8H2. The van der Waals surface area contributed by atoms with E-state index in [0.29, 0.717) is 12.8 Å². The van der Waals surface area contributed by atoms with Crippen LogP contribution in [0.4, 0.5) is 32.0 Å². The minimum atomic E-state index is -5.91. The number of hydrogen-bond acceptors (Lipinski definition) is 6. The highest BCUT2D eigenvalue weighted by molar-refractivity contribution is 6.03. The largest absolute Gasteiger partial charge is 0.443 e. The second-order valence-electron chi connectivity index (χ2n) is 6.44. The van der Waals surface area contributed by atoms with Gasteiger partial charge in [-0.15, -0.1) is 0 Å². The lowest BCUT2D eigenvalue weighted by Crippen LogP contribution is -2.58. The molecule has 0 spiro atoms. The lowest BCUT2D eigenvalue weighted by atomic mass is 10.1. The van der Waals surface area contributed by atoms with E-state index in [4.69, 9.17) is 4.74 Å². The number of nitrogens with zero attached hydrogens (tertiary/aromatic N) is 4. The van der Waals surface area contributed by atoms with Gasteiger partial charge >= 0.3 is 18.0 Å². The Labute approximate surface area is 159 Å². The van der Waals surface area contributed by atoms with Crippen LogP contribution < -0.4 is 0 Å². The van der Waals surface area contributed by atoms with Crippen LogP contribution in [0.15, 0.2) is 34.3 Å². The minimum absolute atomic E-state index is 0.160. The second kappa shape index (κ2) is 7.19. The van der Waals surface area contributed by atoms with Crippen molar-refractivity contribution in [2.45, 2.75) is 37.3 Å². The lowest BCUT2D eigenvalue weighted by Gasteiger charge is -2.37. The van der Waals surface area contributed by atoms with Crippen molar-refractivity contribution in [1.82, 2.24) is 4.90 Å². The van der Waals surface area contributed by atoms with Gasteiger partial charge in [-0.1, -0.05) is 6.07 Å². The Kier molecular flexibility index (Phi) is 5.17. The molecule has 3 rings (SSSR count). The molecule has 7 nitrogen and oxygen atoms in total. The molecule has 1 saturated heterocycles. The first-order chi connectivity index (χ1) is 13.4.